The molecule has 2 N–H and O–H groups in total. The number of hydrogen-bond donors (Lipinski definition) is 2. The molecule has 1 rings (SSSR count). The highest BCUT2D eigenvalue weighted by atomic mass is 32.2. The van der Waals surface area contributed by atoms with Crippen LogP contribution in [-0.2, 0) is 24.3 Å². The summed E-state index contributed by atoms with van der Waals surface area (Å²) in [5, 5.41) is 13.3. The summed E-state index contributed by atoms with van der Waals surface area (Å²) < 4.78 is 36.5. The summed E-state index contributed by atoms with van der Waals surface area (Å²) >= 11 is 0. The number of nitro groups is 1. The molecule has 0 bridgehead atoms. The lowest BCUT2D eigenvalue weighted by Crippen LogP contribution is -2.49. The second-order valence-electron chi connectivity index (χ2n) is 6.30. The molecule has 1 aromatic carbocycles. The Bertz CT molecular complexity index is 817. The van der Waals surface area contributed by atoms with E-state index < -0.39 is 55.8 Å². The number of nitro benzene ring substituents is 1. The van der Waals surface area contributed by atoms with E-state index in [1.807, 2.05) is 4.72 Å². The number of carbonyl (C=O) groups is 2. The van der Waals surface area contributed by atoms with Gasteiger partial charge in [-0.25, -0.2) is 13.2 Å². The number of ether oxygens (including phenoxy) is 2. The highest BCUT2D eigenvalue weighted by molar-refractivity contribution is 7.89. The van der Waals surface area contributed by atoms with E-state index in [-0.39, 0.29) is 0 Å². The topological polar surface area (TPSA) is 154 Å². The second-order valence-corrected chi connectivity index (χ2v) is 7.99. The number of hydrogen-bond acceptors (Lipinski definition) is 8. The lowest BCUT2D eigenvalue weighted by atomic mass is 10.2. The van der Waals surface area contributed by atoms with Crippen molar-refractivity contribution < 1.29 is 32.4 Å². The van der Waals surface area contributed by atoms with Gasteiger partial charge in [-0.2, -0.15) is 4.72 Å². The van der Waals surface area contributed by atoms with Crippen LogP contribution in [0.2, 0.25) is 0 Å². The highest BCUT2D eigenvalue weighted by Crippen LogP contribution is 2.22. The van der Waals surface area contributed by atoms with Crippen molar-refractivity contribution in [3.63, 3.8) is 0 Å². The summed E-state index contributed by atoms with van der Waals surface area (Å²) in [4.78, 5) is 33.1. The van der Waals surface area contributed by atoms with Crippen LogP contribution in [0.25, 0.3) is 0 Å². The predicted octanol–water partition coefficient (Wildman–Crippen LogP) is 0.939. The molecule has 0 heterocycles. The molecule has 11 nitrogen and oxygen atoms in total. The van der Waals surface area contributed by atoms with Gasteiger partial charge in [-0.3, -0.25) is 14.9 Å². The number of esters is 1. The van der Waals surface area contributed by atoms with Gasteiger partial charge in [-0.05, 0) is 26.8 Å². The molecular formula is C15H21N3O8S. The maximum Gasteiger partial charge on any atom is 0.407 e. The van der Waals surface area contributed by atoms with Crippen molar-refractivity contribution in [2.75, 3.05) is 13.7 Å². The number of nitrogens with zero attached hydrogens (tertiary/aromatic N) is 1. The third kappa shape index (κ3) is 6.83. The average Bonchev–Trinajstić information content (AvgIpc) is 2.56. The maximum atomic E-state index is 12.5. The zero-order chi connectivity index (χ0) is 20.8. The fraction of sp³-hybridized carbons (Fsp3) is 0.467. The number of amides is 1. The largest absolute Gasteiger partial charge is 0.468 e. The highest BCUT2D eigenvalue weighted by Gasteiger charge is 2.31. The Morgan fingerprint density at radius 2 is 1.85 bits per heavy atom. The van der Waals surface area contributed by atoms with Crippen molar-refractivity contribution >= 4 is 27.8 Å². The molecule has 0 saturated heterocycles. The van der Waals surface area contributed by atoms with Gasteiger partial charge in [0.2, 0.25) is 10.0 Å². The Hall–Kier alpha value is -2.73. The number of sulfonamides is 1. The van der Waals surface area contributed by atoms with E-state index in [1.165, 1.54) is 12.1 Å². The molecule has 27 heavy (non-hydrogen) atoms. The minimum absolute atomic E-state index is 0.485. The van der Waals surface area contributed by atoms with Gasteiger partial charge < -0.3 is 14.8 Å². The molecule has 0 aromatic heterocycles. The fourth-order valence-corrected chi connectivity index (χ4v) is 3.26. The van der Waals surface area contributed by atoms with Gasteiger partial charge in [0, 0.05) is 12.6 Å². The van der Waals surface area contributed by atoms with E-state index >= 15 is 0 Å². The fourth-order valence-electron chi connectivity index (χ4n) is 1.90. The van der Waals surface area contributed by atoms with Gasteiger partial charge in [0.25, 0.3) is 5.69 Å². The molecule has 0 aliphatic rings. The number of carbonyl (C=O) groups excluding carboxylic acids is 2. The smallest absolute Gasteiger partial charge is 0.407 e. The first kappa shape index (κ1) is 22.3. The maximum absolute atomic E-state index is 12.5. The first-order valence-corrected chi connectivity index (χ1v) is 9.16. The first-order chi connectivity index (χ1) is 12.4. The Morgan fingerprint density at radius 3 is 2.37 bits per heavy atom. The zero-order valence-electron chi connectivity index (χ0n) is 15.2. The van der Waals surface area contributed by atoms with Crippen molar-refractivity contribution in [1.82, 2.24) is 10.0 Å². The Labute approximate surface area is 156 Å². The van der Waals surface area contributed by atoms with Crippen LogP contribution in [0.5, 0.6) is 0 Å². The standard InChI is InChI=1S/C15H21N3O8S/c1-15(2,3)26-14(20)16-9-10(13(19)25-4)17-27(23,24)12-8-6-5-7-11(12)18(21)22/h5-8,10,17H,9H2,1-4H3,(H,16,20). The minimum Gasteiger partial charge on any atom is -0.468 e. The van der Waals surface area contributed by atoms with Crippen molar-refractivity contribution in [2.24, 2.45) is 0 Å². The number of alkyl carbamates (subject to hydrolysis) is 1. The minimum atomic E-state index is -4.46. The van der Waals surface area contributed by atoms with E-state index in [1.54, 1.807) is 20.8 Å². The summed E-state index contributed by atoms with van der Waals surface area (Å²) in [5.41, 5.74) is -1.46. The van der Waals surface area contributed by atoms with Crippen molar-refractivity contribution in [1.29, 1.82) is 0 Å². The third-order valence-corrected chi connectivity index (χ3v) is 4.50. The monoisotopic (exact) mass is 403 g/mol. The summed E-state index contributed by atoms with van der Waals surface area (Å²) in [6.45, 7) is 4.40. The third-order valence-electron chi connectivity index (χ3n) is 2.98. The second kappa shape index (κ2) is 8.77. The van der Waals surface area contributed by atoms with Crippen LogP contribution in [0.4, 0.5) is 10.5 Å². The molecule has 12 heteroatoms. The van der Waals surface area contributed by atoms with Crippen LogP contribution in [-0.4, -0.2) is 50.7 Å². The molecule has 0 aliphatic heterocycles. The summed E-state index contributed by atoms with van der Waals surface area (Å²) in [5.74, 6) is -0.992. The van der Waals surface area contributed by atoms with E-state index in [0.29, 0.717) is 0 Å². The first-order valence-electron chi connectivity index (χ1n) is 7.68. The molecule has 0 spiro atoms. The SMILES string of the molecule is COC(=O)C(CNC(=O)OC(C)(C)C)NS(=O)(=O)c1ccccc1[N+](=O)[O-]. The molecule has 0 saturated carbocycles. The van der Waals surface area contributed by atoms with Gasteiger partial charge in [-0.1, -0.05) is 12.1 Å². The van der Waals surface area contributed by atoms with Crippen LogP contribution in [0.1, 0.15) is 20.8 Å². The predicted molar refractivity (Wildman–Crippen MR) is 93.5 cm³/mol. The molecule has 1 unspecified atom stereocenters. The number of nitrogens with one attached hydrogen (secondary N) is 2. The Morgan fingerprint density at radius 1 is 1.26 bits per heavy atom. The molecule has 1 atom stereocenters. The van der Waals surface area contributed by atoms with Gasteiger partial charge in [0.05, 0.1) is 12.0 Å². The summed E-state index contributed by atoms with van der Waals surface area (Å²) in [6.07, 6.45) is -0.874. The van der Waals surface area contributed by atoms with Gasteiger partial charge in [0.15, 0.2) is 4.90 Å². The summed E-state index contributed by atoms with van der Waals surface area (Å²) in [6, 6.07) is 3.12. The molecule has 0 aliphatic carbocycles. The summed E-state index contributed by atoms with van der Waals surface area (Å²) in [7, 11) is -3.43. The quantitative estimate of drug-likeness (QED) is 0.387. The van der Waals surface area contributed by atoms with E-state index in [4.69, 9.17) is 4.74 Å². The molecule has 0 radical (unpaired) electrons. The molecule has 150 valence electrons. The van der Waals surface area contributed by atoms with Gasteiger partial charge in [-0.15, -0.1) is 0 Å². The molecule has 1 amide bonds. The van der Waals surface area contributed by atoms with Gasteiger partial charge in [0.1, 0.15) is 11.6 Å². The lowest BCUT2D eigenvalue weighted by molar-refractivity contribution is -0.387. The molecule has 1 aromatic rings. The lowest BCUT2D eigenvalue weighted by Gasteiger charge is -2.21. The van der Waals surface area contributed by atoms with Crippen molar-refractivity contribution in [2.45, 2.75) is 37.3 Å². The van der Waals surface area contributed by atoms with E-state index in [9.17, 15) is 28.1 Å². The molecular weight excluding hydrogens is 382 g/mol. The number of rotatable bonds is 7. The van der Waals surface area contributed by atoms with Crippen molar-refractivity contribution in [3.8, 4) is 0 Å². The van der Waals surface area contributed by atoms with Crippen LogP contribution in [0.15, 0.2) is 29.2 Å². The normalized spacial score (nSPS) is 12.7. The molecule has 0 fully saturated rings. The zero-order valence-corrected chi connectivity index (χ0v) is 16.0. The number of methoxy groups -OCH3 is 1. The van der Waals surface area contributed by atoms with Crippen LogP contribution >= 0.6 is 0 Å². The van der Waals surface area contributed by atoms with Crippen molar-refractivity contribution in [3.05, 3.63) is 34.4 Å². The van der Waals surface area contributed by atoms with Crippen LogP contribution in [0, 0.1) is 10.1 Å². The van der Waals surface area contributed by atoms with E-state index in [0.717, 1.165) is 19.2 Å². The van der Waals surface area contributed by atoms with Crippen LogP contribution in [0.3, 0.4) is 0 Å². The number of para-hydroxylation sites is 1. The average molecular weight is 403 g/mol. The van der Waals surface area contributed by atoms with Gasteiger partial charge >= 0.3 is 12.1 Å². The Balaban J connectivity index is 3.01. The number of benzene rings is 1. The Kier molecular flexibility index (Phi) is 7.25. The van der Waals surface area contributed by atoms with Crippen LogP contribution < -0.4 is 10.0 Å². The van der Waals surface area contributed by atoms with E-state index in [2.05, 4.69) is 10.1 Å².